The molecule has 0 aromatic rings. The lowest BCUT2D eigenvalue weighted by Gasteiger charge is -2.15. The van der Waals surface area contributed by atoms with Crippen LogP contribution in [-0.2, 0) is 9.53 Å². The van der Waals surface area contributed by atoms with Gasteiger partial charge < -0.3 is 9.84 Å². The minimum absolute atomic E-state index is 0.0556. The van der Waals surface area contributed by atoms with Crippen LogP contribution in [0.4, 0.5) is 0 Å². The molecular weight excluding hydrogens is 158 g/mol. The van der Waals surface area contributed by atoms with Crippen molar-refractivity contribution in [3.8, 4) is 0 Å². The fourth-order valence-electron chi connectivity index (χ4n) is 0.709. The molecule has 4 heteroatoms. The van der Waals surface area contributed by atoms with Crippen LogP contribution < -0.4 is 5.32 Å². The van der Waals surface area contributed by atoms with Crippen molar-refractivity contribution < 1.29 is 14.6 Å². The zero-order valence-electron chi connectivity index (χ0n) is 7.89. The molecule has 0 amide bonds. The molecule has 2 N–H and O–H groups in total. The van der Waals surface area contributed by atoms with Crippen LogP contribution in [0, 0.1) is 0 Å². The van der Waals surface area contributed by atoms with Crippen molar-refractivity contribution in [3.05, 3.63) is 0 Å². The quantitative estimate of drug-likeness (QED) is 0.619. The van der Waals surface area contributed by atoms with Crippen LogP contribution in [0.2, 0.25) is 0 Å². The molecule has 72 valence electrons. The Morgan fingerprint density at radius 1 is 1.67 bits per heavy atom. The molecule has 1 rings (SSSR count). The summed E-state index contributed by atoms with van der Waals surface area (Å²) in [6, 6.07) is 0. The molecule has 0 unspecified atom stereocenters. The van der Waals surface area contributed by atoms with E-state index < -0.39 is 5.97 Å². The second-order valence-corrected chi connectivity index (χ2v) is 3.03. The SMILES string of the molecule is CC1(C)NCCO1.CCC(=O)O. The van der Waals surface area contributed by atoms with Gasteiger partial charge in [-0.3, -0.25) is 10.1 Å². The highest BCUT2D eigenvalue weighted by Gasteiger charge is 2.21. The third kappa shape index (κ3) is 6.12. The largest absolute Gasteiger partial charge is 0.481 e. The summed E-state index contributed by atoms with van der Waals surface area (Å²) in [5.41, 5.74) is -0.0556. The smallest absolute Gasteiger partial charge is 0.303 e. The Balaban J connectivity index is 0.000000217. The molecule has 0 spiro atoms. The third-order valence-corrected chi connectivity index (χ3v) is 1.42. The molecule has 0 bridgehead atoms. The van der Waals surface area contributed by atoms with E-state index in [1.807, 2.05) is 13.8 Å². The summed E-state index contributed by atoms with van der Waals surface area (Å²) < 4.78 is 5.23. The molecule has 12 heavy (non-hydrogen) atoms. The molecule has 4 nitrogen and oxygen atoms in total. The van der Waals surface area contributed by atoms with Crippen LogP contribution >= 0.6 is 0 Å². The minimum Gasteiger partial charge on any atom is -0.481 e. The zero-order valence-corrected chi connectivity index (χ0v) is 7.89. The average molecular weight is 175 g/mol. The normalized spacial score (nSPS) is 19.6. The van der Waals surface area contributed by atoms with Crippen LogP contribution in [0.1, 0.15) is 27.2 Å². The van der Waals surface area contributed by atoms with Crippen molar-refractivity contribution in [2.24, 2.45) is 0 Å². The van der Waals surface area contributed by atoms with Crippen LogP contribution in [0.15, 0.2) is 0 Å². The van der Waals surface area contributed by atoms with Crippen molar-refractivity contribution in [2.45, 2.75) is 32.9 Å². The molecule has 1 fully saturated rings. The van der Waals surface area contributed by atoms with Gasteiger partial charge >= 0.3 is 5.97 Å². The van der Waals surface area contributed by atoms with Gasteiger partial charge in [0.15, 0.2) is 0 Å². The highest BCUT2D eigenvalue weighted by atomic mass is 16.5. The average Bonchev–Trinajstić information content (AvgIpc) is 2.35. The van der Waals surface area contributed by atoms with Gasteiger partial charge in [0.05, 0.1) is 6.61 Å². The maximum atomic E-state index is 9.37. The Morgan fingerprint density at radius 2 is 2.17 bits per heavy atom. The van der Waals surface area contributed by atoms with E-state index in [1.54, 1.807) is 6.92 Å². The lowest BCUT2D eigenvalue weighted by molar-refractivity contribution is -0.136. The zero-order chi connectivity index (χ0) is 9.61. The Labute approximate surface area is 72.9 Å². The lowest BCUT2D eigenvalue weighted by atomic mass is 10.3. The lowest BCUT2D eigenvalue weighted by Crippen LogP contribution is -2.33. The van der Waals surface area contributed by atoms with Crippen LogP contribution in [0.5, 0.6) is 0 Å². The molecule has 0 aromatic heterocycles. The first-order chi connectivity index (χ1) is 5.48. The molecule has 1 aliphatic heterocycles. The van der Waals surface area contributed by atoms with Crippen LogP contribution in [0.3, 0.4) is 0 Å². The molecule has 0 radical (unpaired) electrons. The molecule has 0 aromatic carbocycles. The molecule has 1 aliphatic rings. The standard InChI is InChI=1S/C5H11NO.C3H6O2/c1-5(2)6-3-4-7-5;1-2-3(4)5/h6H,3-4H2,1-2H3;2H2,1H3,(H,4,5). The highest BCUT2D eigenvalue weighted by molar-refractivity contribution is 5.66. The van der Waals surface area contributed by atoms with Crippen molar-refractivity contribution in [2.75, 3.05) is 13.2 Å². The van der Waals surface area contributed by atoms with E-state index in [2.05, 4.69) is 5.32 Å². The van der Waals surface area contributed by atoms with Gasteiger partial charge in [-0.05, 0) is 13.8 Å². The molecule has 0 saturated carbocycles. The topological polar surface area (TPSA) is 58.6 Å². The van der Waals surface area contributed by atoms with Crippen LogP contribution in [0.25, 0.3) is 0 Å². The number of aliphatic carboxylic acids is 1. The first-order valence-corrected chi connectivity index (χ1v) is 4.08. The molecule has 1 saturated heterocycles. The van der Waals surface area contributed by atoms with Gasteiger partial charge in [0.2, 0.25) is 0 Å². The van der Waals surface area contributed by atoms with Gasteiger partial charge in [-0.2, -0.15) is 0 Å². The predicted molar refractivity (Wildman–Crippen MR) is 46.0 cm³/mol. The van der Waals surface area contributed by atoms with Gasteiger partial charge in [-0.25, -0.2) is 0 Å². The maximum absolute atomic E-state index is 9.37. The van der Waals surface area contributed by atoms with Crippen molar-refractivity contribution in [1.29, 1.82) is 0 Å². The number of ether oxygens (including phenoxy) is 1. The van der Waals surface area contributed by atoms with Gasteiger partial charge in [0, 0.05) is 13.0 Å². The van der Waals surface area contributed by atoms with Crippen molar-refractivity contribution in [1.82, 2.24) is 5.32 Å². The Kier molecular flexibility index (Phi) is 4.85. The summed E-state index contributed by atoms with van der Waals surface area (Å²) >= 11 is 0. The van der Waals surface area contributed by atoms with E-state index in [9.17, 15) is 4.79 Å². The van der Waals surface area contributed by atoms with Gasteiger partial charge in [-0.15, -0.1) is 0 Å². The molecule has 0 aliphatic carbocycles. The second kappa shape index (κ2) is 5.11. The van der Waals surface area contributed by atoms with E-state index in [0.29, 0.717) is 0 Å². The van der Waals surface area contributed by atoms with E-state index in [-0.39, 0.29) is 12.1 Å². The first kappa shape index (κ1) is 11.4. The fraction of sp³-hybridized carbons (Fsp3) is 0.875. The van der Waals surface area contributed by atoms with Crippen molar-refractivity contribution >= 4 is 5.97 Å². The number of hydrogen-bond donors (Lipinski definition) is 2. The summed E-state index contributed by atoms with van der Waals surface area (Å²) in [6.07, 6.45) is 0.222. The third-order valence-electron chi connectivity index (χ3n) is 1.42. The number of carbonyl (C=O) groups is 1. The summed E-state index contributed by atoms with van der Waals surface area (Å²) in [6.45, 7) is 7.50. The summed E-state index contributed by atoms with van der Waals surface area (Å²) in [5.74, 6) is -0.745. The van der Waals surface area contributed by atoms with Crippen LogP contribution in [-0.4, -0.2) is 30.0 Å². The Hall–Kier alpha value is -0.610. The number of carboxylic acid groups (broad SMARTS) is 1. The minimum atomic E-state index is -0.745. The van der Waals surface area contributed by atoms with E-state index in [4.69, 9.17) is 9.84 Å². The van der Waals surface area contributed by atoms with Gasteiger partial charge in [0.25, 0.3) is 0 Å². The molecule has 1 heterocycles. The summed E-state index contributed by atoms with van der Waals surface area (Å²) in [7, 11) is 0. The second-order valence-electron chi connectivity index (χ2n) is 3.03. The number of carboxylic acids is 1. The van der Waals surface area contributed by atoms with Crippen molar-refractivity contribution in [3.63, 3.8) is 0 Å². The number of rotatable bonds is 1. The monoisotopic (exact) mass is 175 g/mol. The Morgan fingerprint density at radius 3 is 2.25 bits per heavy atom. The van der Waals surface area contributed by atoms with Gasteiger partial charge in [0.1, 0.15) is 5.72 Å². The highest BCUT2D eigenvalue weighted by Crippen LogP contribution is 2.07. The van der Waals surface area contributed by atoms with E-state index in [0.717, 1.165) is 13.2 Å². The maximum Gasteiger partial charge on any atom is 0.303 e. The predicted octanol–water partition coefficient (Wildman–Crippen LogP) is 0.823. The Bertz CT molecular complexity index is 137. The summed E-state index contributed by atoms with van der Waals surface area (Å²) in [4.78, 5) is 9.37. The van der Waals surface area contributed by atoms with E-state index >= 15 is 0 Å². The summed E-state index contributed by atoms with van der Waals surface area (Å²) in [5, 5.41) is 10.9. The molecular formula is C8H17NO3. The molecule has 0 atom stereocenters. The van der Waals surface area contributed by atoms with E-state index in [1.165, 1.54) is 0 Å². The number of hydrogen-bond acceptors (Lipinski definition) is 3. The number of nitrogens with one attached hydrogen (secondary N) is 1. The van der Waals surface area contributed by atoms with Gasteiger partial charge in [-0.1, -0.05) is 6.92 Å². The first-order valence-electron chi connectivity index (χ1n) is 4.08. The fourth-order valence-corrected chi connectivity index (χ4v) is 0.709.